The second-order valence-electron chi connectivity index (χ2n) is 5.98. The van der Waals surface area contributed by atoms with Crippen molar-refractivity contribution in [2.24, 2.45) is 0 Å². The van der Waals surface area contributed by atoms with Gasteiger partial charge in [0.05, 0.1) is 6.61 Å². The molecule has 0 radical (unpaired) electrons. The fourth-order valence-electron chi connectivity index (χ4n) is 3.05. The summed E-state index contributed by atoms with van der Waals surface area (Å²) in [6.07, 6.45) is 2.18. The maximum absolute atomic E-state index is 12.5. The number of hydrogen-bond acceptors (Lipinski definition) is 4. The van der Waals surface area contributed by atoms with E-state index in [0.29, 0.717) is 18.6 Å². The first-order valence-electron chi connectivity index (χ1n) is 8.44. The van der Waals surface area contributed by atoms with Crippen LogP contribution in [0.5, 0.6) is 5.75 Å². The Hall–Kier alpha value is -2.76. The van der Waals surface area contributed by atoms with E-state index in [1.165, 1.54) is 0 Å². The Kier molecular flexibility index (Phi) is 4.79. The van der Waals surface area contributed by atoms with Crippen LogP contribution in [-0.4, -0.2) is 23.6 Å². The van der Waals surface area contributed by atoms with Gasteiger partial charge in [0.25, 0.3) is 5.91 Å². The molecule has 1 atom stereocenters. The van der Waals surface area contributed by atoms with Crippen LogP contribution >= 0.6 is 0 Å². The molecule has 6 heteroatoms. The largest absolute Gasteiger partial charge is 0.493 e. The third-order valence-corrected chi connectivity index (χ3v) is 4.39. The monoisotopic (exact) mass is 343 g/mol. The van der Waals surface area contributed by atoms with Crippen molar-refractivity contribution in [1.82, 2.24) is 5.32 Å². The molecule has 1 aliphatic rings. The molecule has 1 aromatic heterocycles. The Bertz CT molecular complexity index is 787. The lowest BCUT2D eigenvalue weighted by Crippen LogP contribution is -2.33. The Morgan fingerprint density at radius 3 is 2.68 bits per heavy atom. The number of carboxylic acid groups (broad SMARTS) is 1. The maximum Gasteiger partial charge on any atom is 0.330 e. The van der Waals surface area contributed by atoms with E-state index in [9.17, 15) is 14.7 Å². The lowest BCUT2D eigenvalue weighted by Gasteiger charge is -2.15. The van der Waals surface area contributed by atoms with Crippen molar-refractivity contribution in [2.45, 2.75) is 39.2 Å². The standard InChI is InChI=1S/C19H21NO5/c1-3-11-10-16(25-14(11)4-2)18(21)20-17(19(22)23)13-5-6-15-12(9-13)7-8-24-15/h5-6,9-10,17H,3-4,7-8H2,1-2H3,(H,20,21)(H,22,23). The van der Waals surface area contributed by atoms with Crippen LogP contribution in [0.1, 0.15) is 52.9 Å². The zero-order valence-electron chi connectivity index (χ0n) is 14.3. The molecule has 132 valence electrons. The van der Waals surface area contributed by atoms with Gasteiger partial charge in [-0.2, -0.15) is 0 Å². The highest BCUT2D eigenvalue weighted by Crippen LogP contribution is 2.28. The first kappa shape index (κ1) is 17.1. The minimum absolute atomic E-state index is 0.143. The number of carbonyl (C=O) groups excluding carboxylic acids is 1. The summed E-state index contributed by atoms with van der Waals surface area (Å²) in [6.45, 7) is 4.53. The van der Waals surface area contributed by atoms with Gasteiger partial charge in [-0.05, 0) is 41.3 Å². The third kappa shape index (κ3) is 3.38. The van der Waals surface area contributed by atoms with Gasteiger partial charge in [-0.3, -0.25) is 4.79 Å². The number of aryl methyl sites for hydroxylation is 2. The lowest BCUT2D eigenvalue weighted by molar-refractivity contribution is -0.139. The minimum atomic E-state index is -1.14. The predicted octanol–water partition coefficient (Wildman–Crippen LogP) is 2.90. The summed E-state index contributed by atoms with van der Waals surface area (Å²) in [5, 5.41) is 12.1. The molecule has 25 heavy (non-hydrogen) atoms. The van der Waals surface area contributed by atoms with Crippen molar-refractivity contribution in [3.8, 4) is 5.75 Å². The number of amides is 1. The molecule has 1 amide bonds. The molecule has 1 unspecified atom stereocenters. The molecule has 1 aromatic carbocycles. The minimum Gasteiger partial charge on any atom is -0.493 e. The summed E-state index contributed by atoms with van der Waals surface area (Å²) in [5.74, 6) is 0.0211. The summed E-state index contributed by atoms with van der Waals surface area (Å²) >= 11 is 0. The van der Waals surface area contributed by atoms with E-state index < -0.39 is 17.9 Å². The molecule has 2 aromatic rings. The Labute approximate surface area is 145 Å². The highest BCUT2D eigenvalue weighted by Gasteiger charge is 2.26. The van der Waals surface area contributed by atoms with E-state index in [1.54, 1.807) is 24.3 Å². The Morgan fingerprint density at radius 2 is 2.04 bits per heavy atom. The van der Waals surface area contributed by atoms with Crippen LogP contribution in [0.3, 0.4) is 0 Å². The van der Waals surface area contributed by atoms with Crippen molar-refractivity contribution < 1.29 is 23.8 Å². The number of aliphatic carboxylic acids is 1. The molecule has 0 aliphatic carbocycles. The van der Waals surface area contributed by atoms with Gasteiger partial charge in [-0.25, -0.2) is 4.79 Å². The van der Waals surface area contributed by atoms with Gasteiger partial charge in [-0.1, -0.05) is 19.9 Å². The van der Waals surface area contributed by atoms with Gasteiger partial charge in [0.15, 0.2) is 11.8 Å². The number of benzene rings is 1. The molecular formula is C19H21NO5. The number of ether oxygens (including phenoxy) is 1. The molecule has 6 nitrogen and oxygen atoms in total. The fourth-order valence-corrected chi connectivity index (χ4v) is 3.05. The zero-order chi connectivity index (χ0) is 18.0. The normalized spacial score (nSPS) is 13.8. The van der Waals surface area contributed by atoms with Gasteiger partial charge in [0.1, 0.15) is 11.5 Å². The topological polar surface area (TPSA) is 88.8 Å². The average Bonchev–Trinajstić information content (AvgIpc) is 3.24. The first-order chi connectivity index (χ1) is 12.0. The zero-order valence-corrected chi connectivity index (χ0v) is 14.3. The summed E-state index contributed by atoms with van der Waals surface area (Å²) < 4.78 is 11.0. The number of carbonyl (C=O) groups is 2. The summed E-state index contributed by atoms with van der Waals surface area (Å²) in [5.41, 5.74) is 2.44. The molecule has 3 rings (SSSR count). The van der Waals surface area contributed by atoms with Crippen LogP contribution in [0.25, 0.3) is 0 Å². The van der Waals surface area contributed by atoms with E-state index in [-0.39, 0.29) is 5.76 Å². The van der Waals surface area contributed by atoms with Crippen molar-refractivity contribution in [3.63, 3.8) is 0 Å². The molecule has 0 fully saturated rings. The van der Waals surface area contributed by atoms with Crippen molar-refractivity contribution >= 4 is 11.9 Å². The lowest BCUT2D eigenvalue weighted by atomic mass is 10.0. The second kappa shape index (κ2) is 7.01. The van der Waals surface area contributed by atoms with Gasteiger partial charge in [-0.15, -0.1) is 0 Å². The molecule has 0 bridgehead atoms. The quantitative estimate of drug-likeness (QED) is 0.842. The number of nitrogens with one attached hydrogen (secondary N) is 1. The van der Waals surface area contributed by atoms with Gasteiger partial charge in [0.2, 0.25) is 0 Å². The van der Waals surface area contributed by atoms with E-state index in [1.807, 2.05) is 13.8 Å². The Morgan fingerprint density at radius 1 is 1.24 bits per heavy atom. The highest BCUT2D eigenvalue weighted by molar-refractivity contribution is 5.94. The van der Waals surface area contributed by atoms with Crippen molar-refractivity contribution in [2.75, 3.05) is 6.61 Å². The van der Waals surface area contributed by atoms with E-state index in [2.05, 4.69) is 5.32 Å². The number of furan rings is 1. The van der Waals surface area contributed by atoms with Crippen LogP contribution in [0, 0.1) is 0 Å². The van der Waals surface area contributed by atoms with E-state index in [0.717, 1.165) is 35.5 Å². The molecule has 0 spiro atoms. The van der Waals surface area contributed by atoms with Crippen molar-refractivity contribution in [3.05, 3.63) is 52.5 Å². The van der Waals surface area contributed by atoms with E-state index >= 15 is 0 Å². The van der Waals surface area contributed by atoms with Gasteiger partial charge >= 0.3 is 5.97 Å². The molecular weight excluding hydrogens is 322 g/mol. The molecule has 2 heterocycles. The molecule has 0 saturated heterocycles. The predicted molar refractivity (Wildman–Crippen MR) is 90.9 cm³/mol. The maximum atomic E-state index is 12.5. The fraction of sp³-hybridized carbons (Fsp3) is 0.368. The van der Waals surface area contributed by atoms with Gasteiger partial charge in [0, 0.05) is 12.8 Å². The summed E-state index contributed by atoms with van der Waals surface area (Å²) in [4.78, 5) is 24.1. The molecule has 2 N–H and O–H groups in total. The average molecular weight is 343 g/mol. The van der Waals surface area contributed by atoms with Crippen LogP contribution in [-0.2, 0) is 24.1 Å². The number of rotatable bonds is 6. The summed E-state index contributed by atoms with van der Waals surface area (Å²) in [6, 6.07) is 5.73. The van der Waals surface area contributed by atoms with Crippen LogP contribution < -0.4 is 10.1 Å². The smallest absolute Gasteiger partial charge is 0.330 e. The second-order valence-corrected chi connectivity index (χ2v) is 5.98. The number of fused-ring (bicyclic) bond motifs is 1. The SMILES string of the molecule is CCc1cc(C(=O)NC(C(=O)O)c2ccc3c(c2)CCO3)oc1CC. The summed E-state index contributed by atoms with van der Waals surface area (Å²) in [7, 11) is 0. The molecule has 1 aliphatic heterocycles. The third-order valence-electron chi connectivity index (χ3n) is 4.39. The molecule has 0 saturated carbocycles. The first-order valence-corrected chi connectivity index (χ1v) is 8.44. The van der Waals surface area contributed by atoms with Crippen LogP contribution in [0.4, 0.5) is 0 Å². The van der Waals surface area contributed by atoms with Crippen molar-refractivity contribution in [1.29, 1.82) is 0 Å². The van der Waals surface area contributed by atoms with Crippen LogP contribution in [0.15, 0.2) is 28.7 Å². The van der Waals surface area contributed by atoms with E-state index in [4.69, 9.17) is 9.15 Å². The highest BCUT2D eigenvalue weighted by atomic mass is 16.5. The number of hydrogen-bond donors (Lipinski definition) is 2. The Balaban J connectivity index is 1.83. The number of carboxylic acids is 1. The van der Waals surface area contributed by atoms with Crippen LogP contribution in [0.2, 0.25) is 0 Å². The van der Waals surface area contributed by atoms with Gasteiger partial charge < -0.3 is 19.6 Å².